The third-order valence-electron chi connectivity index (χ3n) is 3.00. The van der Waals surface area contributed by atoms with E-state index in [-0.39, 0.29) is 11.4 Å². The number of amides is 2. The largest absolute Gasteiger partial charge is 0.506 e. The van der Waals surface area contributed by atoms with Crippen molar-refractivity contribution in [3.8, 4) is 5.75 Å². The van der Waals surface area contributed by atoms with Crippen molar-refractivity contribution in [2.24, 2.45) is 0 Å². The molecule has 0 aliphatic heterocycles. The second-order valence-electron chi connectivity index (χ2n) is 6.32. The summed E-state index contributed by atoms with van der Waals surface area (Å²) < 4.78 is 5.15. The number of aromatic hydroxyl groups is 1. The van der Waals surface area contributed by atoms with Crippen LogP contribution in [0.2, 0.25) is 5.02 Å². The number of hydrogen-bond donors (Lipinski definition) is 3. The van der Waals surface area contributed by atoms with Gasteiger partial charge >= 0.3 is 6.09 Å². The molecular formula is C18H19ClN2O4. The van der Waals surface area contributed by atoms with Crippen LogP contribution in [0.3, 0.4) is 0 Å². The van der Waals surface area contributed by atoms with Gasteiger partial charge in [-0.15, -0.1) is 0 Å². The molecule has 0 aliphatic carbocycles. The third-order valence-corrected chi connectivity index (χ3v) is 3.23. The van der Waals surface area contributed by atoms with E-state index in [0.29, 0.717) is 16.3 Å². The van der Waals surface area contributed by atoms with Crippen LogP contribution in [0.25, 0.3) is 0 Å². The molecular weight excluding hydrogens is 344 g/mol. The lowest BCUT2D eigenvalue weighted by atomic mass is 10.2. The summed E-state index contributed by atoms with van der Waals surface area (Å²) in [6.07, 6.45) is -0.575. The molecule has 0 atom stereocenters. The van der Waals surface area contributed by atoms with Crippen LogP contribution in [0, 0.1) is 0 Å². The van der Waals surface area contributed by atoms with Crippen LogP contribution in [0.1, 0.15) is 31.1 Å². The van der Waals surface area contributed by atoms with Crippen molar-refractivity contribution >= 4 is 35.0 Å². The first kappa shape index (κ1) is 18.6. The van der Waals surface area contributed by atoms with Gasteiger partial charge in [-0.3, -0.25) is 10.1 Å². The smallest absolute Gasteiger partial charge is 0.412 e. The van der Waals surface area contributed by atoms with Crippen LogP contribution in [-0.2, 0) is 4.74 Å². The van der Waals surface area contributed by atoms with Crippen molar-refractivity contribution in [3.63, 3.8) is 0 Å². The number of nitrogens with one attached hydrogen (secondary N) is 2. The number of hydrogen-bond acceptors (Lipinski definition) is 4. The summed E-state index contributed by atoms with van der Waals surface area (Å²) in [6.45, 7) is 5.31. The molecule has 2 aromatic rings. The molecule has 0 aliphatic rings. The van der Waals surface area contributed by atoms with Crippen LogP contribution < -0.4 is 10.6 Å². The van der Waals surface area contributed by atoms with Gasteiger partial charge in [-0.05, 0) is 63.2 Å². The first-order chi connectivity index (χ1) is 11.6. The van der Waals surface area contributed by atoms with Crippen molar-refractivity contribution in [1.29, 1.82) is 0 Å². The highest BCUT2D eigenvalue weighted by Gasteiger charge is 2.16. The summed E-state index contributed by atoms with van der Waals surface area (Å²) in [4.78, 5) is 23.9. The zero-order valence-electron chi connectivity index (χ0n) is 14.1. The Kier molecular flexibility index (Phi) is 5.54. The van der Waals surface area contributed by atoms with Crippen LogP contribution in [0.4, 0.5) is 16.2 Å². The van der Waals surface area contributed by atoms with Crippen LogP contribution in [-0.4, -0.2) is 22.7 Å². The fourth-order valence-corrected chi connectivity index (χ4v) is 2.10. The number of carbonyl (C=O) groups excluding carboxylic acids is 2. The van der Waals surface area contributed by atoms with Crippen molar-refractivity contribution < 1.29 is 19.4 Å². The minimum absolute atomic E-state index is 0.0824. The number of halogens is 1. The first-order valence-electron chi connectivity index (χ1n) is 7.54. The maximum absolute atomic E-state index is 12.2. The molecule has 0 spiro atoms. The molecule has 3 N–H and O–H groups in total. The van der Waals surface area contributed by atoms with E-state index in [1.54, 1.807) is 45.0 Å². The number of phenols is 1. The summed E-state index contributed by atoms with van der Waals surface area (Å²) in [5.41, 5.74) is 0.474. The maximum atomic E-state index is 12.2. The Hall–Kier alpha value is -2.73. The van der Waals surface area contributed by atoms with Gasteiger partial charge in [-0.2, -0.15) is 0 Å². The maximum Gasteiger partial charge on any atom is 0.412 e. The molecule has 2 amide bonds. The van der Waals surface area contributed by atoms with Crippen LogP contribution in [0.15, 0.2) is 42.5 Å². The van der Waals surface area contributed by atoms with E-state index in [1.807, 2.05) is 0 Å². The zero-order valence-corrected chi connectivity index (χ0v) is 14.8. The first-order valence-corrected chi connectivity index (χ1v) is 7.92. The van der Waals surface area contributed by atoms with Gasteiger partial charge in [0.25, 0.3) is 5.91 Å². The average Bonchev–Trinajstić information content (AvgIpc) is 2.49. The summed E-state index contributed by atoms with van der Waals surface area (Å²) in [5.74, 6) is -0.498. The molecule has 2 aromatic carbocycles. The number of phenolic OH excluding ortho intramolecular Hbond substituents is 1. The molecule has 0 bridgehead atoms. The Balaban J connectivity index is 2.03. The molecule has 0 saturated carbocycles. The Morgan fingerprint density at radius 2 is 1.68 bits per heavy atom. The topological polar surface area (TPSA) is 87.7 Å². The molecule has 6 nitrogen and oxygen atoms in total. The predicted molar refractivity (Wildman–Crippen MR) is 97.4 cm³/mol. The number of anilines is 2. The van der Waals surface area contributed by atoms with Crippen molar-refractivity contribution in [2.75, 3.05) is 10.6 Å². The van der Waals surface area contributed by atoms with Crippen molar-refractivity contribution in [1.82, 2.24) is 0 Å². The van der Waals surface area contributed by atoms with Crippen LogP contribution >= 0.6 is 11.6 Å². The quantitative estimate of drug-likeness (QED) is 0.694. The van der Waals surface area contributed by atoms with E-state index in [0.717, 1.165) is 0 Å². The highest BCUT2D eigenvalue weighted by Crippen LogP contribution is 2.27. The van der Waals surface area contributed by atoms with Gasteiger partial charge in [0.1, 0.15) is 11.4 Å². The minimum atomic E-state index is -0.594. The summed E-state index contributed by atoms with van der Waals surface area (Å²) in [7, 11) is 0. The van der Waals surface area contributed by atoms with Gasteiger partial charge in [0, 0.05) is 16.3 Å². The molecule has 0 radical (unpaired) electrons. The Morgan fingerprint density at radius 1 is 1.04 bits per heavy atom. The molecule has 0 saturated heterocycles. The minimum Gasteiger partial charge on any atom is -0.506 e. The lowest BCUT2D eigenvalue weighted by molar-refractivity contribution is 0.0636. The van der Waals surface area contributed by atoms with Gasteiger partial charge < -0.3 is 15.2 Å². The summed E-state index contributed by atoms with van der Waals surface area (Å²) in [5, 5.41) is 15.3. The number of ether oxygens (including phenoxy) is 1. The Labute approximate surface area is 150 Å². The third kappa shape index (κ3) is 5.69. The molecule has 25 heavy (non-hydrogen) atoms. The van der Waals surface area contributed by atoms with Gasteiger partial charge in [0.2, 0.25) is 0 Å². The van der Waals surface area contributed by atoms with E-state index < -0.39 is 17.6 Å². The fraction of sp³-hybridized carbons (Fsp3) is 0.222. The Morgan fingerprint density at radius 3 is 2.28 bits per heavy atom. The molecule has 2 rings (SSSR count). The Bertz CT molecular complexity index is 783. The van der Waals surface area contributed by atoms with E-state index in [1.165, 1.54) is 18.2 Å². The lowest BCUT2D eigenvalue weighted by Gasteiger charge is -2.19. The number of benzene rings is 2. The number of rotatable bonds is 3. The SMILES string of the molecule is CC(C)(C)OC(=O)Nc1ccc(C(=O)Nc2cc(Cl)ccc2O)cc1. The fourth-order valence-electron chi connectivity index (χ4n) is 1.93. The molecule has 0 unspecified atom stereocenters. The normalized spacial score (nSPS) is 10.9. The molecule has 0 aromatic heterocycles. The molecule has 0 fully saturated rings. The highest BCUT2D eigenvalue weighted by atomic mass is 35.5. The molecule has 7 heteroatoms. The van der Waals surface area contributed by atoms with Gasteiger partial charge in [0.05, 0.1) is 5.69 Å². The summed E-state index contributed by atoms with van der Waals surface area (Å²) >= 11 is 5.85. The standard InChI is InChI=1S/C18H19ClN2O4/c1-18(2,3)25-17(24)20-13-7-4-11(5-8-13)16(23)21-14-10-12(19)6-9-15(14)22/h4-10,22H,1-3H3,(H,20,24)(H,21,23). The lowest BCUT2D eigenvalue weighted by Crippen LogP contribution is -2.27. The second kappa shape index (κ2) is 7.44. The van der Waals surface area contributed by atoms with Crippen molar-refractivity contribution in [2.45, 2.75) is 26.4 Å². The number of carbonyl (C=O) groups is 2. The zero-order chi connectivity index (χ0) is 18.6. The second-order valence-corrected chi connectivity index (χ2v) is 6.76. The highest BCUT2D eigenvalue weighted by molar-refractivity contribution is 6.31. The van der Waals surface area contributed by atoms with E-state index in [4.69, 9.17) is 16.3 Å². The van der Waals surface area contributed by atoms with E-state index in [2.05, 4.69) is 10.6 Å². The summed E-state index contributed by atoms with van der Waals surface area (Å²) in [6, 6.07) is 10.6. The van der Waals surface area contributed by atoms with E-state index in [9.17, 15) is 14.7 Å². The van der Waals surface area contributed by atoms with E-state index >= 15 is 0 Å². The molecule has 0 heterocycles. The van der Waals surface area contributed by atoms with Gasteiger partial charge in [0.15, 0.2) is 0 Å². The van der Waals surface area contributed by atoms with Crippen molar-refractivity contribution in [3.05, 3.63) is 53.1 Å². The van der Waals surface area contributed by atoms with Crippen LogP contribution in [0.5, 0.6) is 5.75 Å². The predicted octanol–water partition coefficient (Wildman–Crippen LogP) is 4.64. The monoisotopic (exact) mass is 362 g/mol. The van der Waals surface area contributed by atoms with Gasteiger partial charge in [-0.25, -0.2) is 4.79 Å². The van der Waals surface area contributed by atoms with Gasteiger partial charge in [-0.1, -0.05) is 11.6 Å². The molecule has 132 valence electrons. The average molecular weight is 363 g/mol.